The van der Waals surface area contributed by atoms with E-state index in [1.807, 2.05) is 12.1 Å². The topological polar surface area (TPSA) is 83.6 Å². The van der Waals surface area contributed by atoms with Gasteiger partial charge in [0, 0.05) is 26.4 Å². The number of hydrogen-bond donors (Lipinski definition) is 2. The van der Waals surface area contributed by atoms with Crippen molar-refractivity contribution < 1.29 is 14.7 Å². The lowest BCUT2D eigenvalue weighted by molar-refractivity contribution is -0.131. The minimum atomic E-state index is -0.463. The van der Waals surface area contributed by atoms with Gasteiger partial charge in [-0.25, -0.2) is 0 Å². The van der Waals surface area contributed by atoms with Gasteiger partial charge in [0.15, 0.2) is 0 Å². The van der Waals surface area contributed by atoms with E-state index in [0.29, 0.717) is 13.0 Å². The third-order valence-corrected chi connectivity index (χ3v) is 2.68. The summed E-state index contributed by atoms with van der Waals surface area (Å²) in [5, 5.41) is 9.14. The van der Waals surface area contributed by atoms with Crippen LogP contribution in [-0.4, -0.2) is 35.4 Å². The fourth-order valence-corrected chi connectivity index (χ4v) is 1.51. The highest BCUT2D eigenvalue weighted by molar-refractivity contribution is 5.82. The van der Waals surface area contributed by atoms with E-state index >= 15 is 0 Å². The van der Waals surface area contributed by atoms with Gasteiger partial charge in [-0.05, 0) is 24.1 Å². The van der Waals surface area contributed by atoms with Gasteiger partial charge in [-0.2, -0.15) is 0 Å². The lowest BCUT2D eigenvalue weighted by Crippen LogP contribution is -2.29. The van der Waals surface area contributed by atoms with Crippen molar-refractivity contribution in [2.75, 3.05) is 13.6 Å². The Balaban J connectivity index is 2.36. The van der Waals surface area contributed by atoms with Crippen molar-refractivity contribution in [3.8, 4) is 5.75 Å². The Hall–Kier alpha value is -2.04. The van der Waals surface area contributed by atoms with E-state index in [-0.39, 0.29) is 24.5 Å². The Bertz CT molecular complexity index is 415. The number of nitrogens with two attached hydrogens (primary N) is 1. The zero-order valence-electron chi connectivity index (χ0n) is 10.4. The summed E-state index contributed by atoms with van der Waals surface area (Å²) in [4.78, 5) is 23.7. The summed E-state index contributed by atoms with van der Waals surface area (Å²) in [6.45, 7) is 0.572. The molecule has 5 heteroatoms. The molecule has 3 N–H and O–H groups in total. The lowest BCUT2D eigenvalue weighted by atomic mass is 10.1. The molecule has 0 aromatic heterocycles. The van der Waals surface area contributed by atoms with Crippen LogP contribution in [0.5, 0.6) is 5.75 Å². The summed E-state index contributed by atoms with van der Waals surface area (Å²) < 4.78 is 0. The maximum atomic E-state index is 11.6. The molecule has 0 spiro atoms. The van der Waals surface area contributed by atoms with Gasteiger partial charge >= 0.3 is 0 Å². The van der Waals surface area contributed by atoms with Crippen molar-refractivity contribution in [2.24, 2.45) is 5.73 Å². The maximum Gasteiger partial charge on any atom is 0.222 e. The molecular weight excluding hydrogens is 232 g/mol. The van der Waals surface area contributed by atoms with Crippen LogP contribution in [0.3, 0.4) is 0 Å². The summed E-state index contributed by atoms with van der Waals surface area (Å²) >= 11 is 0. The Kier molecular flexibility index (Phi) is 5.17. The van der Waals surface area contributed by atoms with Crippen LogP contribution in [0.2, 0.25) is 0 Å². The van der Waals surface area contributed by atoms with Crippen LogP contribution in [0.1, 0.15) is 18.4 Å². The summed E-state index contributed by atoms with van der Waals surface area (Å²) in [7, 11) is 1.70. The number of rotatable bonds is 6. The number of aromatic hydroxyl groups is 1. The highest BCUT2D eigenvalue weighted by Gasteiger charge is 2.09. The quantitative estimate of drug-likeness (QED) is 0.778. The van der Waals surface area contributed by atoms with Crippen molar-refractivity contribution >= 4 is 11.8 Å². The van der Waals surface area contributed by atoms with Gasteiger partial charge in [-0.3, -0.25) is 9.59 Å². The van der Waals surface area contributed by atoms with E-state index < -0.39 is 5.91 Å². The van der Waals surface area contributed by atoms with E-state index in [9.17, 15) is 9.59 Å². The van der Waals surface area contributed by atoms with E-state index in [4.69, 9.17) is 10.8 Å². The average molecular weight is 250 g/mol. The zero-order valence-corrected chi connectivity index (χ0v) is 10.4. The second-order valence-corrected chi connectivity index (χ2v) is 4.20. The third kappa shape index (κ3) is 4.86. The van der Waals surface area contributed by atoms with Gasteiger partial charge in [-0.1, -0.05) is 12.1 Å². The molecule has 0 saturated carbocycles. The van der Waals surface area contributed by atoms with Crippen LogP contribution in [0.25, 0.3) is 0 Å². The van der Waals surface area contributed by atoms with Gasteiger partial charge in [0.05, 0.1) is 0 Å². The van der Waals surface area contributed by atoms with Crippen molar-refractivity contribution in [2.45, 2.75) is 19.3 Å². The molecule has 0 aliphatic heterocycles. The molecule has 0 aliphatic rings. The molecule has 0 heterocycles. The highest BCUT2D eigenvalue weighted by Crippen LogP contribution is 2.10. The lowest BCUT2D eigenvalue weighted by Gasteiger charge is -2.16. The largest absolute Gasteiger partial charge is 0.508 e. The van der Waals surface area contributed by atoms with E-state index in [1.54, 1.807) is 24.1 Å². The van der Waals surface area contributed by atoms with Crippen LogP contribution in [0.4, 0.5) is 0 Å². The van der Waals surface area contributed by atoms with Crippen LogP contribution in [0.15, 0.2) is 24.3 Å². The Morgan fingerprint density at radius 1 is 1.22 bits per heavy atom. The minimum absolute atomic E-state index is 0.0857. The first-order chi connectivity index (χ1) is 8.49. The maximum absolute atomic E-state index is 11.6. The van der Waals surface area contributed by atoms with Crippen LogP contribution >= 0.6 is 0 Å². The normalized spacial score (nSPS) is 10.1. The van der Waals surface area contributed by atoms with Crippen molar-refractivity contribution in [3.63, 3.8) is 0 Å². The summed E-state index contributed by atoms with van der Waals surface area (Å²) in [5.41, 5.74) is 6.03. The smallest absolute Gasteiger partial charge is 0.222 e. The first-order valence-corrected chi connectivity index (χ1v) is 5.79. The van der Waals surface area contributed by atoms with Crippen molar-refractivity contribution in [1.82, 2.24) is 4.90 Å². The van der Waals surface area contributed by atoms with E-state index in [2.05, 4.69) is 0 Å². The number of nitrogens with zero attached hydrogens (tertiary/aromatic N) is 1. The minimum Gasteiger partial charge on any atom is -0.508 e. The Labute approximate surface area is 106 Å². The molecule has 18 heavy (non-hydrogen) atoms. The molecule has 0 aliphatic carbocycles. The Morgan fingerprint density at radius 2 is 1.83 bits per heavy atom. The van der Waals surface area contributed by atoms with Crippen molar-refractivity contribution in [1.29, 1.82) is 0 Å². The van der Waals surface area contributed by atoms with Crippen molar-refractivity contribution in [3.05, 3.63) is 29.8 Å². The molecule has 0 atom stereocenters. The molecule has 0 fully saturated rings. The van der Waals surface area contributed by atoms with Gasteiger partial charge < -0.3 is 15.7 Å². The number of amides is 2. The first-order valence-electron chi connectivity index (χ1n) is 5.79. The predicted octanol–water partition coefficient (Wildman–Crippen LogP) is 0.659. The molecular formula is C13H18N2O3. The number of likely N-dealkylation sites (N-methyl/N-ethyl adjacent to an activating group) is 1. The van der Waals surface area contributed by atoms with E-state index in [1.165, 1.54) is 0 Å². The molecule has 98 valence electrons. The molecule has 0 unspecified atom stereocenters. The average Bonchev–Trinajstić information content (AvgIpc) is 2.34. The molecule has 1 rings (SSSR count). The highest BCUT2D eigenvalue weighted by atomic mass is 16.3. The summed E-state index contributed by atoms with van der Waals surface area (Å²) in [6, 6.07) is 6.86. The van der Waals surface area contributed by atoms with Gasteiger partial charge in [-0.15, -0.1) is 0 Å². The van der Waals surface area contributed by atoms with Crippen LogP contribution in [-0.2, 0) is 16.0 Å². The molecule has 0 saturated heterocycles. The number of carbonyl (C=O) groups is 2. The first kappa shape index (κ1) is 14.0. The number of primary amides is 1. The summed E-state index contributed by atoms with van der Waals surface area (Å²) in [5.74, 6) is -0.326. The van der Waals surface area contributed by atoms with Gasteiger partial charge in [0.1, 0.15) is 5.75 Å². The SMILES string of the molecule is CN(CCc1ccc(O)cc1)C(=O)CCC(N)=O. The molecule has 5 nitrogen and oxygen atoms in total. The summed E-state index contributed by atoms with van der Waals surface area (Å²) in [6.07, 6.45) is 0.947. The zero-order chi connectivity index (χ0) is 13.5. The molecule has 0 radical (unpaired) electrons. The number of phenolic OH excluding ortho intramolecular Hbond substituents is 1. The number of benzene rings is 1. The molecule has 0 bridgehead atoms. The molecule has 2 amide bonds. The molecule has 1 aromatic rings. The molecule has 1 aromatic carbocycles. The van der Waals surface area contributed by atoms with Gasteiger partial charge in [0.25, 0.3) is 0 Å². The fourth-order valence-electron chi connectivity index (χ4n) is 1.51. The fraction of sp³-hybridized carbons (Fsp3) is 0.385. The number of hydrogen-bond acceptors (Lipinski definition) is 3. The number of carbonyl (C=O) groups excluding carboxylic acids is 2. The Morgan fingerprint density at radius 3 is 2.39 bits per heavy atom. The standard InChI is InChI=1S/C13H18N2O3/c1-15(13(18)7-6-12(14)17)9-8-10-2-4-11(16)5-3-10/h2-5,16H,6-9H2,1H3,(H2,14,17). The van der Waals surface area contributed by atoms with Crippen LogP contribution < -0.4 is 5.73 Å². The second-order valence-electron chi connectivity index (χ2n) is 4.20. The van der Waals surface area contributed by atoms with E-state index in [0.717, 1.165) is 5.56 Å². The van der Waals surface area contributed by atoms with Crippen LogP contribution in [0, 0.1) is 0 Å². The predicted molar refractivity (Wildman–Crippen MR) is 67.9 cm³/mol. The number of phenols is 1. The second kappa shape index (κ2) is 6.64. The third-order valence-electron chi connectivity index (χ3n) is 2.68. The monoisotopic (exact) mass is 250 g/mol. The van der Waals surface area contributed by atoms with Gasteiger partial charge in [0.2, 0.25) is 11.8 Å².